The molecule has 2 N–H and O–H groups in total. The number of thiophene rings is 1. The van der Waals surface area contributed by atoms with Crippen LogP contribution in [0.2, 0.25) is 10.3 Å². The van der Waals surface area contributed by atoms with Gasteiger partial charge in [0.25, 0.3) is 0 Å². The van der Waals surface area contributed by atoms with Crippen LogP contribution in [0.4, 0.5) is 37.6 Å². The minimum absolute atomic E-state index is 0.00886. The maximum atomic E-state index is 17.2. The molecule has 4 atom stereocenters. The third-order valence-electron chi connectivity index (χ3n) is 11.6. The number of hydrogen-bond donors (Lipinski definition) is 1. The van der Waals surface area contributed by atoms with Gasteiger partial charge in [-0.05, 0) is 55.1 Å². The molecule has 1 spiro atoms. The van der Waals surface area contributed by atoms with Gasteiger partial charge in [-0.25, -0.2) is 31.7 Å². The highest BCUT2D eigenvalue weighted by atomic mass is 35.5. The van der Waals surface area contributed by atoms with Crippen LogP contribution in [-0.2, 0) is 0 Å². The largest absolute Gasteiger partial charge is 0.461 e. The molecule has 20 heteroatoms. The van der Waals surface area contributed by atoms with Gasteiger partial charge in [0, 0.05) is 48.9 Å². The molecular weight excluding hydrogens is 790 g/mol. The number of aromatic nitrogens is 5. The highest BCUT2D eigenvalue weighted by molar-refractivity contribution is 7.23. The quantitative estimate of drug-likeness (QED) is 0.180. The molecule has 2 unspecified atom stereocenters. The van der Waals surface area contributed by atoms with Crippen molar-refractivity contribution in [2.45, 2.75) is 49.4 Å². The lowest BCUT2D eigenvalue weighted by molar-refractivity contribution is -0.0541. The zero-order valence-electron chi connectivity index (χ0n) is 28.6. The number of carbonyl (C=O) groups is 1. The normalized spacial score (nSPS) is 25.1. The molecule has 0 radical (unpaired) electrons. The molecule has 7 heterocycles. The third-order valence-corrected chi connectivity index (χ3v) is 13.1. The van der Waals surface area contributed by atoms with Crippen molar-refractivity contribution < 1.29 is 31.5 Å². The summed E-state index contributed by atoms with van der Waals surface area (Å²) in [6.07, 6.45) is -0.854. The fourth-order valence-corrected chi connectivity index (χ4v) is 10.4. The second-order valence-corrected chi connectivity index (χ2v) is 16.3. The van der Waals surface area contributed by atoms with Gasteiger partial charge < -0.3 is 20.3 Å². The number of nitrogen functional groups attached to an aromatic ring is 1. The molecule has 0 aliphatic carbocycles. The van der Waals surface area contributed by atoms with Crippen LogP contribution in [0.5, 0.6) is 6.01 Å². The number of fused-ring (bicyclic) bond motifs is 3. The van der Waals surface area contributed by atoms with Gasteiger partial charge in [0.15, 0.2) is 5.82 Å². The average Bonchev–Trinajstić information content (AvgIpc) is 3.96. The highest BCUT2D eigenvalue weighted by Crippen LogP contribution is 2.50. The Balaban J connectivity index is 1.18. The fourth-order valence-electron chi connectivity index (χ4n) is 9.07. The molecule has 5 aromatic rings. The standard InChI is InChI=1S/C35H29Cl2F5N10O2S/c36-21-8-18-26(25(40)24(21)17-2-3-22(39)27-23(17)19(10-43)29(44)55-27)46-32(54-14-34-4-1-6-50(34)11-16(38)9-34)47-30(18)49-12-20(28(41)42)35(13-49)5-7-51(35)33(53)52-15-45-31(37)48-52/h2-3,8,15-16,20,28H,1,4-7,9,11-14,44H2/t16-,20?,34+,35?/m1/s1. The number of hydrogen-bond acceptors (Lipinski definition) is 11. The third kappa shape index (κ3) is 5.48. The minimum atomic E-state index is -2.87. The van der Waals surface area contributed by atoms with E-state index in [2.05, 4.69) is 20.1 Å². The summed E-state index contributed by atoms with van der Waals surface area (Å²) >= 11 is 13.5. The van der Waals surface area contributed by atoms with Gasteiger partial charge in [0.1, 0.15) is 47.3 Å². The summed E-state index contributed by atoms with van der Waals surface area (Å²) in [5, 5.41) is 13.6. The number of likely N-dealkylation sites (tertiary alicyclic amines) is 1. The fraction of sp³-hybridized carbons (Fsp3) is 0.429. The van der Waals surface area contributed by atoms with E-state index in [0.29, 0.717) is 13.0 Å². The number of nitrogens with zero attached hydrogens (tertiary/aromatic N) is 9. The Morgan fingerprint density at radius 3 is 2.71 bits per heavy atom. The van der Waals surface area contributed by atoms with E-state index in [1.165, 1.54) is 21.9 Å². The van der Waals surface area contributed by atoms with Crippen molar-refractivity contribution in [2.24, 2.45) is 5.92 Å². The number of alkyl halides is 3. The summed E-state index contributed by atoms with van der Waals surface area (Å²) in [6.45, 7) is 0.691. The van der Waals surface area contributed by atoms with Gasteiger partial charge in [0.05, 0.1) is 32.3 Å². The Kier molecular flexibility index (Phi) is 8.53. The lowest BCUT2D eigenvalue weighted by Crippen LogP contribution is -2.68. The van der Waals surface area contributed by atoms with Crippen molar-refractivity contribution in [1.29, 1.82) is 5.26 Å². The summed E-state index contributed by atoms with van der Waals surface area (Å²) < 4.78 is 83.9. The second kappa shape index (κ2) is 13.0. The molecule has 55 heavy (non-hydrogen) atoms. The lowest BCUT2D eigenvalue weighted by atomic mass is 9.76. The number of carbonyl (C=O) groups excluding carboxylic acids is 1. The Morgan fingerprint density at radius 2 is 2.00 bits per heavy atom. The van der Waals surface area contributed by atoms with E-state index >= 15 is 4.39 Å². The SMILES string of the molecule is N#Cc1c(N)sc2c(F)ccc(-c3c(Cl)cc4c(N5CC(C(F)F)C6(CCN6C(=O)n6cnc(Cl)n6)C5)nc(OC[C@@]56CCCN5C[C@H](F)C6)nc4c3F)c12. The average molecular weight is 820 g/mol. The molecular formula is C35H29Cl2F5N10O2S. The van der Waals surface area contributed by atoms with Crippen LogP contribution in [-0.4, -0.2) is 104 Å². The van der Waals surface area contributed by atoms with Crippen LogP contribution in [0.15, 0.2) is 24.5 Å². The molecule has 4 fully saturated rings. The number of benzene rings is 2. The first-order valence-electron chi connectivity index (χ1n) is 17.4. The molecule has 0 saturated carbocycles. The maximum Gasteiger partial charge on any atom is 0.346 e. The van der Waals surface area contributed by atoms with Gasteiger partial charge in [-0.2, -0.15) is 19.9 Å². The molecule has 4 saturated heterocycles. The van der Waals surface area contributed by atoms with Crippen molar-refractivity contribution in [1.82, 2.24) is 34.5 Å². The van der Waals surface area contributed by atoms with Crippen LogP contribution in [0.1, 0.15) is 31.2 Å². The first kappa shape index (κ1) is 36.1. The van der Waals surface area contributed by atoms with E-state index in [4.69, 9.17) is 33.7 Å². The first-order valence-corrected chi connectivity index (χ1v) is 19.0. The van der Waals surface area contributed by atoms with Gasteiger partial charge >= 0.3 is 12.0 Å². The van der Waals surface area contributed by atoms with Crippen molar-refractivity contribution in [2.75, 3.05) is 50.0 Å². The number of halogens is 7. The van der Waals surface area contributed by atoms with Gasteiger partial charge in [-0.3, -0.25) is 4.90 Å². The topological polar surface area (TPSA) is 142 Å². The van der Waals surface area contributed by atoms with Crippen LogP contribution in [0.3, 0.4) is 0 Å². The predicted octanol–water partition coefficient (Wildman–Crippen LogP) is 6.91. The zero-order valence-corrected chi connectivity index (χ0v) is 30.9. The summed E-state index contributed by atoms with van der Waals surface area (Å²) in [5.41, 5.74) is 3.62. The number of rotatable bonds is 6. The summed E-state index contributed by atoms with van der Waals surface area (Å²) in [4.78, 5) is 31.3. The van der Waals surface area contributed by atoms with Gasteiger partial charge in [0.2, 0.25) is 11.7 Å². The van der Waals surface area contributed by atoms with Crippen LogP contribution >= 0.6 is 34.5 Å². The van der Waals surface area contributed by atoms with Crippen molar-refractivity contribution in [3.05, 3.63) is 52.0 Å². The summed E-state index contributed by atoms with van der Waals surface area (Å²) in [5.74, 6) is -2.96. The molecule has 2 aromatic carbocycles. The van der Waals surface area contributed by atoms with E-state index in [1.54, 1.807) is 0 Å². The lowest BCUT2D eigenvalue weighted by Gasteiger charge is -2.52. The Hall–Kier alpha value is -4.57. The highest BCUT2D eigenvalue weighted by Gasteiger charge is 2.61. The summed E-state index contributed by atoms with van der Waals surface area (Å²) in [7, 11) is 0. The number of nitriles is 1. The molecule has 286 valence electrons. The zero-order chi connectivity index (χ0) is 38.6. The molecule has 12 nitrogen and oxygen atoms in total. The number of nitrogens with two attached hydrogens (primary N) is 1. The molecule has 0 bridgehead atoms. The monoisotopic (exact) mass is 818 g/mol. The minimum Gasteiger partial charge on any atom is -0.461 e. The van der Waals surface area contributed by atoms with E-state index in [9.17, 15) is 27.6 Å². The summed E-state index contributed by atoms with van der Waals surface area (Å²) in [6, 6.07) is 4.80. The second-order valence-electron chi connectivity index (χ2n) is 14.5. The molecule has 1 amide bonds. The van der Waals surface area contributed by atoms with Crippen LogP contribution in [0, 0.1) is 28.9 Å². The first-order chi connectivity index (χ1) is 26.3. The molecule has 4 aliphatic heterocycles. The molecule has 4 aliphatic rings. The number of amides is 1. The Morgan fingerprint density at radius 1 is 1.18 bits per heavy atom. The van der Waals surface area contributed by atoms with E-state index < -0.39 is 47.3 Å². The Labute approximate surface area is 323 Å². The van der Waals surface area contributed by atoms with Gasteiger partial charge in [-0.15, -0.1) is 16.4 Å². The van der Waals surface area contributed by atoms with E-state index in [0.717, 1.165) is 34.8 Å². The van der Waals surface area contributed by atoms with E-state index in [-0.39, 0.29) is 110 Å². The number of ether oxygens (including phenoxy) is 1. The van der Waals surface area contributed by atoms with E-state index in [1.807, 2.05) is 11.0 Å². The van der Waals surface area contributed by atoms with Crippen LogP contribution < -0.4 is 15.4 Å². The van der Waals surface area contributed by atoms with Crippen molar-refractivity contribution >= 4 is 72.4 Å². The van der Waals surface area contributed by atoms with Crippen molar-refractivity contribution in [3.8, 4) is 23.2 Å². The van der Waals surface area contributed by atoms with Crippen molar-refractivity contribution in [3.63, 3.8) is 0 Å². The predicted molar refractivity (Wildman–Crippen MR) is 195 cm³/mol. The maximum absolute atomic E-state index is 17.2. The molecule has 3 aromatic heterocycles. The van der Waals surface area contributed by atoms with Crippen LogP contribution in [0.25, 0.3) is 32.1 Å². The van der Waals surface area contributed by atoms with Gasteiger partial charge in [-0.1, -0.05) is 17.7 Å². The molecule has 9 rings (SSSR count). The number of anilines is 2. The Bertz CT molecular complexity index is 2460. The smallest absolute Gasteiger partial charge is 0.346 e.